The highest BCUT2D eigenvalue weighted by Crippen LogP contribution is 2.24. The van der Waals surface area contributed by atoms with Gasteiger partial charge in [0.1, 0.15) is 5.82 Å². The number of aromatic nitrogens is 4. The van der Waals surface area contributed by atoms with Crippen LogP contribution in [-0.2, 0) is 14.6 Å². The third-order valence-electron chi connectivity index (χ3n) is 6.50. The highest BCUT2D eigenvalue weighted by Gasteiger charge is 2.22. The van der Waals surface area contributed by atoms with Crippen molar-refractivity contribution in [3.8, 4) is 5.69 Å². The number of benzene rings is 1. The molecule has 1 saturated heterocycles. The molecule has 10 nitrogen and oxygen atoms in total. The molecule has 1 aromatic carbocycles. The average Bonchev–Trinajstić information content (AvgIpc) is 3.36. The van der Waals surface area contributed by atoms with Gasteiger partial charge in [0.15, 0.2) is 14.9 Å². The van der Waals surface area contributed by atoms with E-state index in [4.69, 9.17) is 4.74 Å². The predicted molar refractivity (Wildman–Crippen MR) is 138 cm³/mol. The Morgan fingerprint density at radius 1 is 1.13 bits per heavy atom. The molecule has 1 amide bonds. The largest absolute Gasteiger partial charge is 0.379 e. The van der Waals surface area contributed by atoms with E-state index >= 15 is 0 Å². The van der Waals surface area contributed by atoms with Crippen LogP contribution in [0, 0.1) is 5.82 Å². The molecule has 38 heavy (non-hydrogen) atoms. The minimum Gasteiger partial charge on any atom is -0.379 e. The molecule has 1 N–H and O–H groups in total. The second-order valence-electron chi connectivity index (χ2n) is 9.12. The van der Waals surface area contributed by atoms with Crippen molar-refractivity contribution in [3.05, 3.63) is 78.1 Å². The van der Waals surface area contributed by atoms with E-state index in [9.17, 15) is 17.6 Å². The summed E-state index contributed by atoms with van der Waals surface area (Å²) in [5, 5.41) is 8.00. The molecule has 4 heterocycles. The minimum absolute atomic E-state index is 0.0510. The van der Waals surface area contributed by atoms with Gasteiger partial charge in [-0.15, -0.1) is 0 Å². The first-order valence-electron chi connectivity index (χ1n) is 12.1. The monoisotopic (exact) mass is 538 g/mol. The average molecular weight is 539 g/mol. The van der Waals surface area contributed by atoms with Crippen molar-refractivity contribution in [3.63, 3.8) is 0 Å². The van der Waals surface area contributed by atoms with Crippen molar-refractivity contribution in [2.24, 2.45) is 0 Å². The molecule has 3 aromatic heterocycles. The number of rotatable bonds is 8. The van der Waals surface area contributed by atoms with Gasteiger partial charge in [-0.2, -0.15) is 5.10 Å². The molecular formula is C26H27FN6O4S. The van der Waals surface area contributed by atoms with Gasteiger partial charge in [-0.05, 0) is 48.4 Å². The number of fused-ring (bicyclic) bond motifs is 1. The van der Waals surface area contributed by atoms with Gasteiger partial charge in [0.25, 0.3) is 5.91 Å². The van der Waals surface area contributed by atoms with Crippen LogP contribution in [0.5, 0.6) is 0 Å². The number of pyridine rings is 2. The van der Waals surface area contributed by atoms with Crippen LogP contribution in [0.4, 0.5) is 4.39 Å². The zero-order valence-corrected chi connectivity index (χ0v) is 21.6. The fourth-order valence-electron chi connectivity index (χ4n) is 4.45. The van der Waals surface area contributed by atoms with Crippen molar-refractivity contribution in [2.75, 3.05) is 39.1 Å². The molecule has 0 radical (unpaired) electrons. The van der Waals surface area contributed by atoms with E-state index in [-0.39, 0.29) is 16.8 Å². The second kappa shape index (κ2) is 10.9. The lowest BCUT2D eigenvalue weighted by Crippen LogP contribution is -2.39. The molecule has 0 unspecified atom stereocenters. The lowest BCUT2D eigenvalue weighted by atomic mass is 10.0. The van der Waals surface area contributed by atoms with Crippen LogP contribution in [0.2, 0.25) is 0 Å². The summed E-state index contributed by atoms with van der Waals surface area (Å²) >= 11 is 0. The van der Waals surface area contributed by atoms with E-state index in [1.165, 1.54) is 30.6 Å². The number of amides is 1. The maximum Gasteiger partial charge on any atom is 0.254 e. The maximum atomic E-state index is 13.6. The van der Waals surface area contributed by atoms with Crippen molar-refractivity contribution in [1.82, 2.24) is 30.0 Å². The molecule has 0 bridgehead atoms. The predicted octanol–water partition coefficient (Wildman–Crippen LogP) is 2.55. The van der Waals surface area contributed by atoms with Gasteiger partial charge in [0.2, 0.25) is 0 Å². The van der Waals surface area contributed by atoms with Crippen molar-refractivity contribution >= 4 is 26.6 Å². The summed E-state index contributed by atoms with van der Waals surface area (Å²) in [5.74, 6) is -0.729. The molecule has 1 aliphatic heterocycles. The van der Waals surface area contributed by atoms with E-state index in [1.807, 2.05) is 0 Å². The maximum absolute atomic E-state index is 13.6. The third kappa shape index (κ3) is 5.72. The van der Waals surface area contributed by atoms with Crippen molar-refractivity contribution < 1.29 is 22.3 Å². The van der Waals surface area contributed by atoms with Crippen LogP contribution in [0.15, 0.2) is 66.2 Å². The normalized spacial score (nSPS) is 15.4. The number of nitrogens with one attached hydrogen (secondary N) is 1. The number of nitrogens with zero attached hydrogens (tertiary/aromatic N) is 5. The molecule has 1 fully saturated rings. The Hall–Kier alpha value is -3.74. The summed E-state index contributed by atoms with van der Waals surface area (Å²) in [7, 11) is -3.53. The van der Waals surface area contributed by atoms with Crippen LogP contribution in [-0.4, -0.2) is 78.1 Å². The molecular weight excluding hydrogens is 511 g/mol. The summed E-state index contributed by atoms with van der Waals surface area (Å²) < 4.78 is 44.7. The summed E-state index contributed by atoms with van der Waals surface area (Å²) in [6, 6.07) is 8.61. The van der Waals surface area contributed by atoms with E-state index in [1.54, 1.807) is 35.3 Å². The van der Waals surface area contributed by atoms with Gasteiger partial charge in [0.05, 0.1) is 48.4 Å². The second-order valence-corrected chi connectivity index (χ2v) is 11.1. The van der Waals surface area contributed by atoms with Gasteiger partial charge in [-0.25, -0.2) is 22.5 Å². The molecule has 1 aliphatic rings. The number of ether oxygens (including phenoxy) is 1. The Bertz CT molecular complexity index is 1550. The van der Waals surface area contributed by atoms with Gasteiger partial charge in [-0.1, -0.05) is 0 Å². The fourth-order valence-corrected chi connectivity index (χ4v) is 5.05. The van der Waals surface area contributed by atoms with Crippen LogP contribution in [0.3, 0.4) is 0 Å². The quantitative estimate of drug-likeness (QED) is 0.364. The zero-order valence-electron chi connectivity index (χ0n) is 20.7. The highest BCUT2D eigenvalue weighted by molar-refractivity contribution is 7.90. The Balaban J connectivity index is 1.44. The van der Waals surface area contributed by atoms with Crippen molar-refractivity contribution in [2.45, 2.75) is 17.5 Å². The van der Waals surface area contributed by atoms with Crippen molar-refractivity contribution in [1.29, 1.82) is 0 Å². The van der Waals surface area contributed by atoms with E-state index in [0.29, 0.717) is 53.9 Å². The number of halogens is 1. The van der Waals surface area contributed by atoms with Gasteiger partial charge in [-0.3, -0.25) is 14.7 Å². The van der Waals surface area contributed by atoms with Crippen LogP contribution in [0.25, 0.3) is 16.6 Å². The smallest absolute Gasteiger partial charge is 0.254 e. The minimum atomic E-state index is -3.53. The Morgan fingerprint density at radius 3 is 2.63 bits per heavy atom. The first kappa shape index (κ1) is 25.9. The molecule has 12 heteroatoms. The molecule has 0 spiro atoms. The number of hydrogen-bond acceptors (Lipinski definition) is 8. The van der Waals surface area contributed by atoms with Gasteiger partial charge >= 0.3 is 0 Å². The Labute approximate surface area is 219 Å². The number of morpholine rings is 1. The topological polar surface area (TPSA) is 119 Å². The van der Waals surface area contributed by atoms with E-state index in [2.05, 4.69) is 25.3 Å². The summed E-state index contributed by atoms with van der Waals surface area (Å²) in [6.45, 7) is 3.57. The first-order valence-corrected chi connectivity index (χ1v) is 14.0. The fraction of sp³-hybridized carbons (Fsp3) is 0.308. The zero-order chi connectivity index (χ0) is 26.7. The summed E-state index contributed by atoms with van der Waals surface area (Å²) in [5.41, 5.74) is 2.19. The van der Waals surface area contributed by atoms with Crippen LogP contribution < -0.4 is 5.32 Å². The Kier molecular flexibility index (Phi) is 7.45. The molecule has 0 saturated carbocycles. The van der Waals surface area contributed by atoms with Crippen LogP contribution >= 0.6 is 0 Å². The van der Waals surface area contributed by atoms with Gasteiger partial charge in [0, 0.05) is 43.7 Å². The molecule has 5 rings (SSSR count). The Morgan fingerprint density at radius 2 is 1.89 bits per heavy atom. The standard InChI is InChI=1S/C26H27FN6O4S/c1-38(35,36)25-14-18(6-8-29-25)23(7-9-32-10-12-37-13-11-32)31-26(34)22-15-28-17-24-21(22)16-30-33(24)20-4-2-19(27)3-5-20/h2-6,8,14-17,23H,7,9-13H2,1H3,(H,31,34)/t23-/m0/s1. The number of carbonyl (C=O) groups excluding carboxylic acids is 1. The number of sulfone groups is 1. The molecule has 4 aromatic rings. The highest BCUT2D eigenvalue weighted by atomic mass is 32.2. The molecule has 1 atom stereocenters. The summed E-state index contributed by atoms with van der Waals surface area (Å²) in [6.07, 6.45) is 7.74. The lowest BCUT2D eigenvalue weighted by molar-refractivity contribution is 0.0360. The lowest BCUT2D eigenvalue weighted by Gasteiger charge is -2.29. The molecule has 198 valence electrons. The van der Waals surface area contributed by atoms with E-state index in [0.717, 1.165) is 19.3 Å². The molecule has 0 aliphatic carbocycles. The summed E-state index contributed by atoms with van der Waals surface area (Å²) in [4.78, 5) is 24.0. The third-order valence-corrected chi connectivity index (χ3v) is 7.48. The van der Waals surface area contributed by atoms with Gasteiger partial charge < -0.3 is 10.1 Å². The van der Waals surface area contributed by atoms with Crippen LogP contribution in [0.1, 0.15) is 28.4 Å². The number of carbonyl (C=O) groups is 1. The SMILES string of the molecule is CS(=O)(=O)c1cc([C@H](CCN2CCOCC2)NC(=O)c2cncc3c2cnn3-c2ccc(F)cc2)ccn1. The number of hydrogen-bond donors (Lipinski definition) is 1. The van der Waals surface area contributed by atoms with E-state index < -0.39 is 15.9 Å². The first-order chi connectivity index (χ1) is 18.3.